The first-order valence-electron chi connectivity index (χ1n) is 4.40. The molecule has 16 heavy (non-hydrogen) atoms. The number of hydrogen-bond donors (Lipinski definition) is 2. The minimum absolute atomic E-state index is 0.108. The number of anilines is 1. The second-order valence-corrected chi connectivity index (χ2v) is 3.43. The molecule has 1 rings (SSSR count). The molecule has 1 aromatic carbocycles. The van der Waals surface area contributed by atoms with E-state index >= 15 is 0 Å². The number of hydrogen-bond acceptors (Lipinski definition) is 4. The maximum Gasteiger partial charge on any atom is 0.305 e. The quantitative estimate of drug-likeness (QED) is 0.611. The summed E-state index contributed by atoms with van der Waals surface area (Å²) in [5.41, 5.74) is 0.0912. The van der Waals surface area contributed by atoms with Crippen molar-refractivity contribution < 1.29 is 14.8 Å². The molecule has 0 unspecified atom stereocenters. The van der Waals surface area contributed by atoms with Gasteiger partial charge in [0.05, 0.1) is 11.3 Å². The van der Waals surface area contributed by atoms with E-state index in [1.165, 1.54) is 18.2 Å². The van der Waals surface area contributed by atoms with Crippen molar-refractivity contribution in [2.24, 2.45) is 0 Å². The van der Waals surface area contributed by atoms with Gasteiger partial charge in [-0.1, -0.05) is 11.6 Å². The third kappa shape index (κ3) is 3.39. The van der Waals surface area contributed by atoms with E-state index in [-0.39, 0.29) is 24.3 Å². The molecule has 0 bridgehead atoms. The van der Waals surface area contributed by atoms with E-state index in [0.717, 1.165) is 0 Å². The normalized spacial score (nSPS) is 9.81. The number of rotatable bonds is 5. The molecule has 0 aliphatic carbocycles. The van der Waals surface area contributed by atoms with Gasteiger partial charge in [0.2, 0.25) is 0 Å². The Labute approximate surface area is 96.0 Å². The zero-order chi connectivity index (χ0) is 12.1. The average molecular weight is 245 g/mol. The van der Waals surface area contributed by atoms with E-state index in [1.54, 1.807) is 0 Å². The molecule has 0 saturated carbocycles. The maximum absolute atomic E-state index is 10.6. The third-order valence-electron chi connectivity index (χ3n) is 1.81. The molecular formula is C9H9ClN2O4. The lowest BCUT2D eigenvalue weighted by Crippen LogP contribution is -2.08. The standard InChI is InChI=1S/C9H9ClN2O4/c10-6-1-2-8(12(15)16)7(5-6)11-4-3-9(13)14/h1-2,5,11H,3-4H2,(H,13,14). The van der Waals surface area contributed by atoms with Crippen LogP contribution in [-0.4, -0.2) is 22.5 Å². The summed E-state index contributed by atoms with van der Waals surface area (Å²) in [5.74, 6) is -0.975. The summed E-state index contributed by atoms with van der Waals surface area (Å²) < 4.78 is 0. The summed E-state index contributed by atoms with van der Waals surface area (Å²) in [6.45, 7) is 0.108. The lowest BCUT2D eigenvalue weighted by Gasteiger charge is -2.05. The molecule has 0 aliphatic heterocycles. The van der Waals surface area contributed by atoms with Gasteiger partial charge in [0.1, 0.15) is 5.69 Å². The summed E-state index contributed by atoms with van der Waals surface area (Å²) >= 11 is 5.68. The van der Waals surface area contributed by atoms with Crippen molar-refractivity contribution in [2.75, 3.05) is 11.9 Å². The van der Waals surface area contributed by atoms with Gasteiger partial charge in [-0.15, -0.1) is 0 Å². The van der Waals surface area contributed by atoms with E-state index < -0.39 is 10.9 Å². The third-order valence-corrected chi connectivity index (χ3v) is 2.04. The Morgan fingerprint density at radius 1 is 1.56 bits per heavy atom. The van der Waals surface area contributed by atoms with E-state index in [2.05, 4.69) is 5.32 Å². The molecule has 86 valence electrons. The molecule has 0 aliphatic rings. The summed E-state index contributed by atoms with van der Waals surface area (Å²) in [5, 5.41) is 22.1. The Kier molecular flexibility index (Phi) is 4.07. The summed E-state index contributed by atoms with van der Waals surface area (Å²) in [6, 6.07) is 4.06. The van der Waals surface area contributed by atoms with Gasteiger partial charge >= 0.3 is 5.97 Å². The van der Waals surface area contributed by atoms with Gasteiger partial charge in [-0.25, -0.2) is 0 Å². The molecule has 0 radical (unpaired) electrons. The van der Waals surface area contributed by atoms with Gasteiger partial charge in [0, 0.05) is 17.6 Å². The highest BCUT2D eigenvalue weighted by Crippen LogP contribution is 2.27. The van der Waals surface area contributed by atoms with Crippen LogP contribution in [0.4, 0.5) is 11.4 Å². The fourth-order valence-electron chi connectivity index (χ4n) is 1.11. The monoisotopic (exact) mass is 244 g/mol. The van der Waals surface area contributed by atoms with Crippen molar-refractivity contribution in [3.05, 3.63) is 33.3 Å². The number of carboxylic acid groups (broad SMARTS) is 1. The van der Waals surface area contributed by atoms with Crippen molar-refractivity contribution in [1.82, 2.24) is 0 Å². The van der Waals surface area contributed by atoms with Gasteiger partial charge < -0.3 is 10.4 Å². The van der Waals surface area contributed by atoms with Crippen molar-refractivity contribution in [2.45, 2.75) is 6.42 Å². The lowest BCUT2D eigenvalue weighted by molar-refractivity contribution is -0.384. The second-order valence-electron chi connectivity index (χ2n) is 2.99. The number of nitrogens with one attached hydrogen (secondary N) is 1. The lowest BCUT2D eigenvalue weighted by atomic mass is 10.2. The van der Waals surface area contributed by atoms with Crippen LogP contribution in [0.5, 0.6) is 0 Å². The van der Waals surface area contributed by atoms with Gasteiger partial charge in [0.25, 0.3) is 5.69 Å². The molecule has 2 N–H and O–H groups in total. The number of nitrogens with zero attached hydrogens (tertiary/aromatic N) is 1. The Morgan fingerprint density at radius 2 is 2.25 bits per heavy atom. The molecule has 0 heterocycles. The van der Waals surface area contributed by atoms with E-state index in [4.69, 9.17) is 16.7 Å². The number of benzene rings is 1. The molecule has 0 aromatic heterocycles. The predicted molar refractivity (Wildman–Crippen MR) is 58.8 cm³/mol. The van der Waals surface area contributed by atoms with Crippen molar-refractivity contribution >= 4 is 28.9 Å². The average Bonchev–Trinajstić information content (AvgIpc) is 2.16. The number of nitro benzene ring substituents is 1. The smallest absolute Gasteiger partial charge is 0.305 e. The molecular weight excluding hydrogens is 236 g/mol. The first-order chi connectivity index (χ1) is 7.50. The van der Waals surface area contributed by atoms with Crippen LogP contribution in [0.3, 0.4) is 0 Å². The fraction of sp³-hybridized carbons (Fsp3) is 0.222. The highest BCUT2D eigenvalue weighted by molar-refractivity contribution is 6.31. The van der Waals surface area contributed by atoms with Gasteiger partial charge in [0.15, 0.2) is 0 Å². The highest BCUT2D eigenvalue weighted by atomic mass is 35.5. The van der Waals surface area contributed by atoms with Crippen LogP contribution in [-0.2, 0) is 4.79 Å². The molecule has 6 nitrogen and oxygen atoms in total. The number of halogens is 1. The first kappa shape index (κ1) is 12.3. The highest BCUT2D eigenvalue weighted by Gasteiger charge is 2.13. The summed E-state index contributed by atoms with van der Waals surface area (Å²) in [7, 11) is 0. The Bertz CT molecular complexity index is 422. The number of nitro groups is 1. The fourth-order valence-corrected chi connectivity index (χ4v) is 1.29. The molecule has 0 spiro atoms. The number of aliphatic carboxylic acids is 1. The maximum atomic E-state index is 10.6. The second kappa shape index (κ2) is 5.32. The minimum atomic E-state index is -0.975. The SMILES string of the molecule is O=C(O)CCNc1cc(Cl)ccc1[N+](=O)[O-]. The van der Waals surface area contributed by atoms with Crippen LogP contribution in [0.15, 0.2) is 18.2 Å². The van der Waals surface area contributed by atoms with Crippen molar-refractivity contribution in [3.8, 4) is 0 Å². The first-order valence-corrected chi connectivity index (χ1v) is 4.78. The number of carboxylic acids is 1. The molecule has 0 atom stereocenters. The van der Waals surface area contributed by atoms with Crippen molar-refractivity contribution in [3.63, 3.8) is 0 Å². The van der Waals surface area contributed by atoms with Crippen LogP contribution in [0, 0.1) is 10.1 Å². The van der Waals surface area contributed by atoms with Gasteiger partial charge in [-0.3, -0.25) is 14.9 Å². The molecule has 0 amide bonds. The summed E-state index contributed by atoms with van der Waals surface area (Å²) in [6.07, 6.45) is -0.121. The van der Waals surface area contributed by atoms with Crippen LogP contribution in [0.1, 0.15) is 6.42 Å². The zero-order valence-electron chi connectivity index (χ0n) is 8.14. The zero-order valence-corrected chi connectivity index (χ0v) is 8.90. The van der Waals surface area contributed by atoms with Crippen molar-refractivity contribution in [1.29, 1.82) is 0 Å². The van der Waals surface area contributed by atoms with Crippen LogP contribution < -0.4 is 5.32 Å². The van der Waals surface area contributed by atoms with Crippen LogP contribution in [0.2, 0.25) is 5.02 Å². The minimum Gasteiger partial charge on any atom is -0.481 e. The molecule has 7 heteroatoms. The predicted octanol–water partition coefficient (Wildman–Crippen LogP) is 2.13. The van der Waals surface area contributed by atoms with Crippen LogP contribution >= 0.6 is 11.6 Å². The Morgan fingerprint density at radius 3 is 2.81 bits per heavy atom. The number of carbonyl (C=O) groups is 1. The van der Waals surface area contributed by atoms with Crippen LogP contribution in [0.25, 0.3) is 0 Å². The largest absolute Gasteiger partial charge is 0.481 e. The Balaban J connectivity index is 2.80. The van der Waals surface area contributed by atoms with Gasteiger partial charge in [-0.05, 0) is 12.1 Å². The van der Waals surface area contributed by atoms with Gasteiger partial charge in [-0.2, -0.15) is 0 Å². The molecule has 0 saturated heterocycles. The Hall–Kier alpha value is -1.82. The summed E-state index contributed by atoms with van der Waals surface area (Å²) in [4.78, 5) is 20.4. The van der Waals surface area contributed by atoms with E-state index in [9.17, 15) is 14.9 Å². The molecule has 0 fully saturated rings. The van der Waals surface area contributed by atoms with E-state index in [1.807, 2.05) is 0 Å². The van der Waals surface area contributed by atoms with E-state index in [0.29, 0.717) is 5.02 Å². The topological polar surface area (TPSA) is 92.5 Å². The molecule has 1 aromatic rings.